The summed E-state index contributed by atoms with van der Waals surface area (Å²) in [4.78, 5) is 0. The number of rotatable bonds is 0. The van der Waals surface area contributed by atoms with E-state index in [4.69, 9.17) is 6.65 Å². The Kier molecular flexibility index (Phi) is 110. The molecule has 2 nitrogen and oxygen atoms in total. The summed E-state index contributed by atoms with van der Waals surface area (Å²) in [6.45, 7) is 0. The van der Waals surface area contributed by atoms with E-state index in [1.54, 1.807) is 0 Å². The summed E-state index contributed by atoms with van der Waals surface area (Å²) in [5.41, 5.74) is 0. The molecule has 0 aromatic heterocycles. The van der Waals surface area contributed by atoms with Crippen molar-refractivity contribution < 1.29 is 50.6 Å². The molecule has 6 heavy (non-hydrogen) atoms. The van der Waals surface area contributed by atoms with Gasteiger partial charge < -0.3 is 24.8 Å². The van der Waals surface area contributed by atoms with Gasteiger partial charge in [-0.15, -0.1) is 0 Å². The number of hydrogen-bond acceptors (Lipinski definition) is 2. The molecule has 0 saturated heterocycles. The van der Waals surface area contributed by atoms with E-state index in [0.717, 1.165) is 0 Å². The normalized spacial score (nSPS) is 1.33. The van der Waals surface area contributed by atoms with Crippen LogP contribution in [0, 0.1) is 0 Å². The van der Waals surface area contributed by atoms with Gasteiger partial charge in [-0.05, 0) is 0 Å². The van der Waals surface area contributed by atoms with Crippen molar-refractivity contribution in [1.29, 1.82) is 0 Å². The monoisotopic (exact) mass is 190 g/mol. The summed E-state index contributed by atoms with van der Waals surface area (Å²) < 4.78 is 17.0. The SMILES string of the molecule is [Ca+2].[Cl-].[Cl-].[O]=[Ti]=[O]. The first kappa shape index (κ1) is 24.2. The van der Waals surface area contributed by atoms with Crippen LogP contribution < -0.4 is 24.8 Å². The Morgan fingerprint density at radius 2 is 1.00 bits per heavy atom. The van der Waals surface area contributed by atoms with Crippen LogP contribution in [0.2, 0.25) is 0 Å². The fraction of sp³-hybridized carbons (Fsp3) is 0. The molecule has 0 heterocycles. The van der Waals surface area contributed by atoms with Crippen LogP contribution in [0.4, 0.5) is 0 Å². The van der Waals surface area contributed by atoms with Crippen LogP contribution in [-0.2, 0) is 25.7 Å². The molecule has 0 aromatic carbocycles. The average molecular weight is 191 g/mol. The molecule has 0 fully saturated rings. The van der Waals surface area contributed by atoms with Crippen molar-refractivity contribution in [3.63, 3.8) is 0 Å². The van der Waals surface area contributed by atoms with Gasteiger partial charge in [0.05, 0.1) is 0 Å². The van der Waals surface area contributed by atoms with Crippen LogP contribution >= 0.6 is 0 Å². The Hall–Kier alpha value is 2.15. The molecule has 0 aromatic rings. The van der Waals surface area contributed by atoms with E-state index >= 15 is 0 Å². The van der Waals surface area contributed by atoms with E-state index in [1.807, 2.05) is 0 Å². The topological polar surface area (TPSA) is 34.1 Å². The van der Waals surface area contributed by atoms with E-state index in [-0.39, 0.29) is 62.6 Å². The molecule has 0 atom stereocenters. The van der Waals surface area contributed by atoms with Crippen molar-refractivity contribution in [3.05, 3.63) is 0 Å². The van der Waals surface area contributed by atoms with Crippen LogP contribution in [0.5, 0.6) is 0 Å². The molecule has 0 aliphatic heterocycles. The molecule has 0 unspecified atom stereocenters. The van der Waals surface area contributed by atoms with E-state index in [9.17, 15) is 0 Å². The van der Waals surface area contributed by atoms with Crippen molar-refractivity contribution in [3.8, 4) is 0 Å². The van der Waals surface area contributed by atoms with Gasteiger partial charge in [0.2, 0.25) is 0 Å². The van der Waals surface area contributed by atoms with Gasteiger partial charge in [0.15, 0.2) is 0 Å². The third-order valence-corrected chi connectivity index (χ3v) is 0. The summed E-state index contributed by atoms with van der Waals surface area (Å²) in [5.74, 6) is 0. The van der Waals surface area contributed by atoms with Crippen LogP contribution in [0.15, 0.2) is 0 Å². The maximum absolute atomic E-state index is 8.50. The van der Waals surface area contributed by atoms with Crippen LogP contribution in [0.25, 0.3) is 0 Å². The van der Waals surface area contributed by atoms with Gasteiger partial charge in [-0.25, -0.2) is 0 Å². The molecule has 0 radical (unpaired) electrons. The molecule has 0 aliphatic carbocycles. The van der Waals surface area contributed by atoms with Crippen molar-refractivity contribution in [2.75, 3.05) is 0 Å². The van der Waals surface area contributed by atoms with E-state index in [0.29, 0.717) is 0 Å². The fourth-order valence-electron chi connectivity index (χ4n) is 0. The number of halogens is 2. The first-order chi connectivity index (χ1) is 1.41. The van der Waals surface area contributed by atoms with Gasteiger partial charge in [0.1, 0.15) is 0 Å². The second kappa shape index (κ2) is 27.2. The zero-order chi connectivity index (χ0) is 2.71. The van der Waals surface area contributed by atoms with Gasteiger partial charge in [-0.2, -0.15) is 0 Å². The molecular formula is CaCl2O2Ti. The molecule has 32 valence electrons. The number of hydrogen-bond donors (Lipinski definition) is 0. The standard InChI is InChI=1S/Ca.2ClH.2O.Ti/h;2*1H;;;/q+2;;;;;/p-2. The zero-order valence-electron chi connectivity index (χ0n) is 2.78. The molecule has 0 N–H and O–H groups in total. The molecule has 0 aliphatic rings. The maximum atomic E-state index is 8.50. The fourth-order valence-corrected chi connectivity index (χ4v) is 0. The quantitative estimate of drug-likeness (QED) is 0.356. The Morgan fingerprint density at radius 1 is 1.00 bits per heavy atom. The predicted molar refractivity (Wildman–Crippen MR) is 7.13 cm³/mol. The van der Waals surface area contributed by atoms with E-state index in [2.05, 4.69) is 0 Å². The van der Waals surface area contributed by atoms with Crippen LogP contribution in [-0.4, -0.2) is 37.7 Å². The summed E-state index contributed by atoms with van der Waals surface area (Å²) in [6.07, 6.45) is 0. The molecule has 0 bridgehead atoms. The third-order valence-electron chi connectivity index (χ3n) is 0. The Balaban J connectivity index is -0.00000000667. The average Bonchev–Trinajstić information content (AvgIpc) is 0.918. The minimum atomic E-state index is -2.00. The van der Waals surface area contributed by atoms with Gasteiger partial charge in [0.25, 0.3) is 0 Å². The van der Waals surface area contributed by atoms with Crippen molar-refractivity contribution in [1.82, 2.24) is 0 Å². The van der Waals surface area contributed by atoms with Crippen LogP contribution in [0.1, 0.15) is 0 Å². The summed E-state index contributed by atoms with van der Waals surface area (Å²) in [5, 5.41) is 0. The van der Waals surface area contributed by atoms with Gasteiger partial charge >= 0.3 is 63.5 Å². The second-order valence-corrected chi connectivity index (χ2v) is 0.344. The summed E-state index contributed by atoms with van der Waals surface area (Å²) in [7, 11) is 0. The molecule has 0 spiro atoms. The van der Waals surface area contributed by atoms with Gasteiger partial charge in [0, 0.05) is 0 Å². The second-order valence-electron chi connectivity index (χ2n) is 0.0833. The molecule has 0 rings (SSSR count). The zero-order valence-corrected chi connectivity index (χ0v) is 8.06. The van der Waals surface area contributed by atoms with Gasteiger partial charge in [-0.3, -0.25) is 0 Å². The Labute approximate surface area is 86.8 Å². The van der Waals surface area contributed by atoms with E-state index in [1.165, 1.54) is 0 Å². The van der Waals surface area contributed by atoms with E-state index < -0.39 is 19.1 Å². The minimum absolute atomic E-state index is 0. The predicted octanol–water partition coefficient (Wildman–Crippen LogP) is -6.61. The molecule has 0 saturated carbocycles. The van der Waals surface area contributed by atoms with Crippen molar-refractivity contribution in [2.24, 2.45) is 0 Å². The van der Waals surface area contributed by atoms with Gasteiger partial charge in [-0.1, -0.05) is 0 Å². The molecule has 0 amide bonds. The third kappa shape index (κ3) is 35.2. The van der Waals surface area contributed by atoms with Crippen molar-refractivity contribution >= 4 is 37.7 Å². The Morgan fingerprint density at radius 3 is 1.00 bits per heavy atom. The summed E-state index contributed by atoms with van der Waals surface area (Å²) in [6, 6.07) is 0. The summed E-state index contributed by atoms with van der Waals surface area (Å²) >= 11 is -2.00. The van der Waals surface area contributed by atoms with Crippen LogP contribution in [0.3, 0.4) is 0 Å². The Bertz CT molecular complexity index is 32.5. The first-order valence-electron chi connectivity index (χ1n) is 0.408. The first-order valence-corrected chi connectivity index (χ1v) is 1.68. The molecular weight excluding hydrogens is 191 g/mol. The molecule has 6 heteroatoms. The van der Waals surface area contributed by atoms with Crippen molar-refractivity contribution in [2.45, 2.75) is 0 Å².